The maximum atomic E-state index is 14.4. The van der Waals surface area contributed by atoms with Crippen molar-refractivity contribution in [1.82, 2.24) is 42.1 Å². The van der Waals surface area contributed by atoms with E-state index in [-0.39, 0.29) is 30.4 Å². The van der Waals surface area contributed by atoms with Crippen LogP contribution in [0.3, 0.4) is 0 Å². The van der Waals surface area contributed by atoms with Crippen LogP contribution >= 0.6 is 0 Å². The van der Waals surface area contributed by atoms with E-state index in [1.807, 2.05) is 64.6 Å². The number of nitrogens with one attached hydrogen (secondary N) is 7. The summed E-state index contributed by atoms with van der Waals surface area (Å²) in [5, 5.41) is 30.4. The molecule has 0 spiro atoms. The number of anilines is 1. The number of piperazine rings is 1. The normalized spacial score (nSPS) is 25.1. The topological polar surface area (TPSA) is 230 Å². The maximum absolute atomic E-state index is 14.4. The van der Waals surface area contributed by atoms with Gasteiger partial charge in [-0.25, -0.2) is 0 Å². The minimum absolute atomic E-state index is 0.0292. The quantitative estimate of drug-likeness (QED) is 0.182. The number of aliphatic carboxylic acids is 1. The molecule has 3 heterocycles. The molecule has 7 atom stereocenters. The van der Waals surface area contributed by atoms with Crippen molar-refractivity contribution in [1.29, 1.82) is 0 Å². The number of nitrogens with zero attached hydrogens (tertiary/aromatic N) is 2. The van der Waals surface area contributed by atoms with Gasteiger partial charge in [-0.05, 0) is 106 Å². The first-order valence-electron chi connectivity index (χ1n) is 22.7. The molecule has 8 N–H and O–H groups in total. The van der Waals surface area contributed by atoms with Crippen LogP contribution in [0.5, 0.6) is 0 Å². The summed E-state index contributed by atoms with van der Waals surface area (Å²) < 4.78 is 0. The summed E-state index contributed by atoms with van der Waals surface area (Å²) in [5.74, 6) is -5.51. The molecule has 64 heavy (non-hydrogen) atoms. The van der Waals surface area contributed by atoms with E-state index in [1.165, 1.54) is 0 Å². The molecule has 17 nitrogen and oxygen atoms in total. The number of benzene rings is 2. The molecule has 2 fully saturated rings. The van der Waals surface area contributed by atoms with Crippen molar-refractivity contribution in [3.8, 4) is 11.1 Å². The lowest BCUT2D eigenvalue weighted by Crippen LogP contribution is -2.64. The summed E-state index contributed by atoms with van der Waals surface area (Å²) in [6.07, 6.45) is 0.870. The SMILES string of the molecule is CC[C@H](C)[C@@H]1NC(=O)[C@H](CC(=O)O)NC(=O)[C@H](CC(C)C)NC(=O)c2ccc(-c3ccc(N4CCNCC4)cc3)c(c2)CNC(=O)[C@@H]2CCCN2[C@H](C(=O)NC(C)(C)C)[C@H](C)NC1=O. The molecule has 3 aliphatic heterocycles. The number of carbonyl (C=O) groups excluding carboxylic acids is 6. The highest BCUT2D eigenvalue weighted by molar-refractivity contribution is 6.00. The second-order valence-corrected chi connectivity index (χ2v) is 18.9. The summed E-state index contributed by atoms with van der Waals surface area (Å²) in [6.45, 7) is 18.5. The highest BCUT2D eigenvalue weighted by Gasteiger charge is 2.43. The van der Waals surface area contributed by atoms with Gasteiger partial charge in [0.15, 0.2) is 0 Å². The van der Waals surface area contributed by atoms with Crippen LogP contribution in [-0.2, 0) is 35.3 Å². The Morgan fingerprint density at radius 2 is 1.48 bits per heavy atom. The Bertz CT molecular complexity index is 2010. The predicted molar refractivity (Wildman–Crippen MR) is 244 cm³/mol. The highest BCUT2D eigenvalue weighted by Crippen LogP contribution is 2.29. The number of amides is 6. The van der Waals surface area contributed by atoms with Crippen molar-refractivity contribution in [2.75, 3.05) is 37.6 Å². The van der Waals surface area contributed by atoms with Crippen LogP contribution in [0.25, 0.3) is 11.1 Å². The lowest BCUT2D eigenvalue weighted by molar-refractivity contribution is -0.141. The van der Waals surface area contributed by atoms with Crippen molar-refractivity contribution >= 4 is 47.1 Å². The third kappa shape index (κ3) is 13.0. The Hall–Kier alpha value is -5.55. The molecule has 5 rings (SSSR count). The smallest absolute Gasteiger partial charge is 0.305 e. The molecule has 2 saturated heterocycles. The van der Waals surface area contributed by atoms with Gasteiger partial charge in [0.2, 0.25) is 29.5 Å². The predicted octanol–water partition coefficient (Wildman–Crippen LogP) is 2.28. The Kier molecular flexibility index (Phi) is 16.9. The molecule has 0 aromatic heterocycles. The largest absolute Gasteiger partial charge is 0.481 e. The van der Waals surface area contributed by atoms with E-state index < -0.39 is 89.6 Å². The minimum Gasteiger partial charge on any atom is -0.481 e. The van der Waals surface area contributed by atoms with E-state index in [0.29, 0.717) is 31.4 Å². The van der Waals surface area contributed by atoms with Crippen LogP contribution in [0, 0.1) is 11.8 Å². The van der Waals surface area contributed by atoms with Crippen molar-refractivity contribution in [2.45, 2.75) is 136 Å². The third-order valence-electron chi connectivity index (χ3n) is 12.2. The van der Waals surface area contributed by atoms with Gasteiger partial charge in [0.05, 0.1) is 18.5 Å². The molecule has 0 aliphatic carbocycles. The van der Waals surface area contributed by atoms with Crippen molar-refractivity contribution in [3.05, 3.63) is 53.6 Å². The van der Waals surface area contributed by atoms with Crippen molar-refractivity contribution in [3.63, 3.8) is 0 Å². The number of carboxylic acids is 1. The van der Waals surface area contributed by atoms with E-state index in [2.05, 4.69) is 54.3 Å². The lowest BCUT2D eigenvalue weighted by Gasteiger charge is -2.38. The van der Waals surface area contributed by atoms with Crippen LogP contribution in [0.1, 0.15) is 103 Å². The number of hydrogen-bond donors (Lipinski definition) is 8. The number of rotatable bonds is 9. The minimum atomic E-state index is -1.60. The number of carbonyl (C=O) groups is 7. The molecule has 2 bridgehead atoms. The van der Waals surface area contributed by atoms with Gasteiger partial charge in [0.25, 0.3) is 5.91 Å². The van der Waals surface area contributed by atoms with Gasteiger partial charge in [-0.2, -0.15) is 0 Å². The van der Waals surface area contributed by atoms with Crippen molar-refractivity contribution in [2.24, 2.45) is 11.8 Å². The molecular weight excluding hydrogens is 819 g/mol. The van der Waals surface area contributed by atoms with Gasteiger partial charge in [-0.1, -0.05) is 52.3 Å². The monoisotopic (exact) mass is 888 g/mol. The maximum Gasteiger partial charge on any atom is 0.305 e. The molecule has 0 radical (unpaired) electrons. The fraction of sp³-hybridized carbons (Fsp3) is 0.596. The Balaban J connectivity index is 1.59. The molecule has 0 unspecified atom stereocenters. The van der Waals surface area contributed by atoms with Gasteiger partial charge in [-0.3, -0.25) is 38.5 Å². The lowest BCUT2D eigenvalue weighted by atomic mass is 9.96. The standard InChI is InChI=1S/C47H69N9O8/c1-9-28(4)39-45(63)50-29(5)40(46(64)54-47(6,7)8)56-20-10-11-37(56)44(62)49-26-32-24-31(14-17-34(32)30-12-15-33(16-13-30)55-21-18-48-19-22-55)41(59)51-35(23-27(2)3)42(60)52-36(25-38(57)58)43(61)53-39/h12-17,24,27-29,35-37,39-40,48H,9-11,18-23,25-26H2,1-8H3,(H,49,62)(H,50,63)(H,51,59)(H,52,60)(H,53,61)(H,54,64)(H,57,58)/t28-,29-,35-,36-,37-,39-,40-/m0/s1. The second-order valence-electron chi connectivity index (χ2n) is 18.9. The van der Waals surface area contributed by atoms with Crippen LogP contribution in [0.4, 0.5) is 5.69 Å². The summed E-state index contributed by atoms with van der Waals surface area (Å²) in [5.41, 5.74) is 2.92. The summed E-state index contributed by atoms with van der Waals surface area (Å²) in [6, 6.07) is 6.72. The van der Waals surface area contributed by atoms with Crippen LogP contribution < -0.4 is 42.1 Å². The molecule has 0 saturated carbocycles. The molecule has 17 heteroatoms. The van der Waals surface area contributed by atoms with Gasteiger partial charge in [0.1, 0.15) is 24.2 Å². The third-order valence-corrected chi connectivity index (χ3v) is 12.2. The first kappa shape index (κ1) is 49.5. The average Bonchev–Trinajstić information content (AvgIpc) is 3.72. The van der Waals surface area contributed by atoms with Gasteiger partial charge in [-0.15, -0.1) is 0 Å². The van der Waals surface area contributed by atoms with E-state index in [4.69, 9.17) is 0 Å². The number of fused-ring (bicyclic) bond motifs is 3. The zero-order valence-corrected chi connectivity index (χ0v) is 38.6. The fourth-order valence-corrected chi connectivity index (χ4v) is 8.70. The van der Waals surface area contributed by atoms with E-state index in [9.17, 15) is 38.7 Å². The first-order valence-corrected chi connectivity index (χ1v) is 22.7. The van der Waals surface area contributed by atoms with Crippen LogP contribution in [0.15, 0.2) is 42.5 Å². The van der Waals surface area contributed by atoms with Crippen LogP contribution in [-0.4, -0.2) is 126 Å². The Labute approximate surface area is 377 Å². The van der Waals surface area contributed by atoms with Crippen molar-refractivity contribution < 1.29 is 38.7 Å². The van der Waals surface area contributed by atoms with Gasteiger partial charge < -0.3 is 47.2 Å². The van der Waals surface area contributed by atoms with Crippen LogP contribution in [0.2, 0.25) is 0 Å². The van der Waals surface area contributed by atoms with Gasteiger partial charge >= 0.3 is 5.97 Å². The summed E-state index contributed by atoms with van der Waals surface area (Å²) >= 11 is 0. The molecule has 6 amide bonds. The second kappa shape index (κ2) is 21.9. The zero-order valence-electron chi connectivity index (χ0n) is 38.6. The number of hydrogen-bond acceptors (Lipinski definition) is 10. The van der Waals surface area contributed by atoms with E-state index in [0.717, 1.165) is 43.0 Å². The number of carboxylic acid groups (broad SMARTS) is 1. The summed E-state index contributed by atoms with van der Waals surface area (Å²) in [7, 11) is 0. The molecule has 350 valence electrons. The Morgan fingerprint density at radius 3 is 2.11 bits per heavy atom. The summed E-state index contributed by atoms with van der Waals surface area (Å²) in [4.78, 5) is 101. The molecule has 2 aromatic rings. The first-order chi connectivity index (χ1) is 30.3. The molecule has 2 aromatic carbocycles. The fourth-order valence-electron chi connectivity index (χ4n) is 8.70. The van der Waals surface area contributed by atoms with Gasteiger partial charge in [0, 0.05) is 49.5 Å². The zero-order chi connectivity index (χ0) is 46.9. The average molecular weight is 888 g/mol. The molecular formula is C47H69N9O8. The highest BCUT2D eigenvalue weighted by atomic mass is 16.4. The van der Waals surface area contributed by atoms with E-state index >= 15 is 0 Å². The Morgan fingerprint density at radius 1 is 0.828 bits per heavy atom. The molecule has 3 aliphatic rings. The van der Waals surface area contributed by atoms with E-state index in [1.54, 1.807) is 26.0 Å².